The van der Waals surface area contributed by atoms with E-state index < -0.39 is 23.4 Å². The van der Waals surface area contributed by atoms with E-state index in [9.17, 15) is 18.0 Å². The number of aromatic nitrogens is 1. The van der Waals surface area contributed by atoms with Gasteiger partial charge in [0.15, 0.2) is 5.76 Å². The van der Waals surface area contributed by atoms with Crippen LogP contribution in [0.2, 0.25) is 5.02 Å². The summed E-state index contributed by atoms with van der Waals surface area (Å²) in [6, 6.07) is 7.63. The molecule has 0 saturated heterocycles. The topological polar surface area (TPSA) is 52.3 Å². The van der Waals surface area contributed by atoms with Crippen molar-refractivity contribution in [3.05, 3.63) is 76.2 Å². The summed E-state index contributed by atoms with van der Waals surface area (Å²) in [7, 11) is 0. The van der Waals surface area contributed by atoms with Crippen LogP contribution < -0.4 is 0 Å². The molecule has 0 spiro atoms. The van der Waals surface area contributed by atoms with Gasteiger partial charge in [-0.3, -0.25) is 0 Å². The third-order valence-electron chi connectivity index (χ3n) is 3.26. The summed E-state index contributed by atoms with van der Waals surface area (Å²) < 4.78 is 49.6. The number of esters is 1. The second-order valence-electron chi connectivity index (χ2n) is 5.01. The van der Waals surface area contributed by atoms with Crippen LogP contribution in [0.15, 0.2) is 47.0 Å². The Bertz CT molecular complexity index is 943. The zero-order chi connectivity index (χ0) is 18.0. The fourth-order valence-corrected chi connectivity index (χ4v) is 2.31. The predicted molar refractivity (Wildman–Crippen MR) is 82.4 cm³/mol. The van der Waals surface area contributed by atoms with Crippen molar-refractivity contribution in [2.75, 3.05) is 0 Å². The van der Waals surface area contributed by atoms with Crippen LogP contribution >= 0.6 is 11.6 Å². The molecule has 128 valence electrons. The van der Waals surface area contributed by atoms with E-state index >= 15 is 0 Å². The molecule has 3 rings (SSSR count). The molecule has 1 aromatic heterocycles. The van der Waals surface area contributed by atoms with Gasteiger partial charge in [0, 0.05) is 12.1 Å². The first-order chi connectivity index (χ1) is 11.9. The largest absolute Gasteiger partial charge is 0.455 e. The fourth-order valence-electron chi connectivity index (χ4n) is 2.07. The van der Waals surface area contributed by atoms with E-state index in [4.69, 9.17) is 20.9 Å². The van der Waals surface area contributed by atoms with Crippen molar-refractivity contribution in [1.82, 2.24) is 5.16 Å². The normalized spacial score (nSPS) is 10.7. The second-order valence-corrected chi connectivity index (χ2v) is 5.41. The molecule has 0 aliphatic rings. The van der Waals surface area contributed by atoms with Gasteiger partial charge in [-0.15, -0.1) is 0 Å². The van der Waals surface area contributed by atoms with Gasteiger partial charge in [-0.05, 0) is 30.3 Å². The molecule has 0 bridgehead atoms. The lowest BCUT2D eigenvalue weighted by atomic mass is 10.1. The molecular formula is C17H9ClF3NO3. The van der Waals surface area contributed by atoms with Gasteiger partial charge in [0.05, 0.1) is 16.1 Å². The summed E-state index contributed by atoms with van der Waals surface area (Å²) >= 11 is 5.77. The van der Waals surface area contributed by atoms with Crippen LogP contribution in [0.4, 0.5) is 13.2 Å². The third kappa shape index (κ3) is 3.83. The number of carbonyl (C=O) groups is 1. The van der Waals surface area contributed by atoms with Crippen molar-refractivity contribution in [1.29, 1.82) is 0 Å². The Hall–Kier alpha value is -2.80. The number of nitrogens with zero attached hydrogens (tertiary/aromatic N) is 1. The number of halogens is 4. The molecule has 0 radical (unpaired) electrons. The summed E-state index contributed by atoms with van der Waals surface area (Å²) in [6.07, 6.45) is 0. The minimum atomic E-state index is -0.808. The highest BCUT2D eigenvalue weighted by atomic mass is 35.5. The first kappa shape index (κ1) is 17.0. The van der Waals surface area contributed by atoms with Gasteiger partial charge in [-0.2, -0.15) is 0 Å². The van der Waals surface area contributed by atoms with E-state index in [2.05, 4.69) is 5.16 Å². The number of rotatable bonds is 4. The van der Waals surface area contributed by atoms with Crippen molar-refractivity contribution >= 4 is 17.6 Å². The number of benzene rings is 2. The van der Waals surface area contributed by atoms with E-state index in [0.717, 1.165) is 18.2 Å². The summed E-state index contributed by atoms with van der Waals surface area (Å²) in [5, 5.41) is 3.57. The van der Waals surface area contributed by atoms with E-state index in [1.54, 1.807) is 0 Å². The summed E-state index contributed by atoms with van der Waals surface area (Å²) in [5.74, 6) is -2.82. The lowest BCUT2D eigenvalue weighted by Gasteiger charge is -2.04. The third-order valence-corrected chi connectivity index (χ3v) is 3.57. The van der Waals surface area contributed by atoms with E-state index in [-0.39, 0.29) is 34.2 Å². The van der Waals surface area contributed by atoms with Crippen LogP contribution in [0.25, 0.3) is 11.3 Å². The summed E-state index contributed by atoms with van der Waals surface area (Å²) in [5.41, 5.74) is 0.231. The van der Waals surface area contributed by atoms with E-state index in [1.807, 2.05) is 0 Å². The monoisotopic (exact) mass is 367 g/mol. The second kappa shape index (κ2) is 6.98. The molecule has 25 heavy (non-hydrogen) atoms. The highest BCUT2D eigenvalue weighted by Gasteiger charge is 2.16. The molecule has 2 aromatic carbocycles. The lowest BCUT2D eigenvalue weighted by molar-refractivity contribution is 0.0464. The van der Waals surface area contributed by atoms with Crippen LogP contribution in [0, 0.1) is 17.5 Å². The van der Waals surface area contributed by atoms with Crippen LogP contribution in [0.1, 0.15) is 16.1 Å². The Balaban J connectivity index is 1.70. The smallest absolute Gasteiger partial charge is 0.340 e. The molecule has 0 fully saturated rings. The Morgan fingerprint density at radius 2 is 1.80 bits per heavy atom. The highest BCUT2D eigenvalue weighted by molar-refractivity contribution is 6.33. The molecule has 0 amide bonds. The standard InChI is InChI=1S/C17H9ClF3NO3/c18-14-5-9(19)1-3-12(14)17(23)24-8-11-7-16(25-22-11)13-4-2-10(20)6-15(13)21/h1-7H,8H2. The summed E-state index contributed by atoms with van der Waals surface area (Å²) in [6.45, 7) is -0.265. The molecule has 0 aliphatic carbocycles. The van der Waals surface area contributed by atoms with Crippen LogP contribution in [-0.2, 0) is 11.3 Å². The lowest BCUT2D eigenvalue weighted by Crippen LogP contribution is -2.06. The molecular weight excluding hydrogens is 359 g/mol. The number of hydrogen-bond donors (Lipinski definition) is 0. The van der Waals surface area contributed by atoms with Crippen molar-refractivity contribution in [3.63, 3.8) is 0 Å². The minimum Gasteiger partial charge on any atom is -0.455 e. The van der Waals surface area contributed by atoms with Crippen molar-refractivity contribution in [2.24, 2.45) is 0 Å². The van der Waals surface area contributed by atoms with Gasteiger partial charge in [0.1, 0.15) is 29.8 Å². The zero-order valence-electron chi connectivity index (χ0n) is 12.4. The van der Waals surface area contributed by atoms with Gasteiger partial charge >= 0.3 is 5.97 Å². The van der Waals surface area contributed by atoms with Crippen molar-refractivity contribution in [2.45, 2.75) is 6.61 Å². The predicted octanol–water partition coefficient (Wildman–Crippen LogP) is 4.77. The number of carbonyl (C=O) groups excluding carboxylic acids is 1. The van der Waals surface area contributed by atoms with Crippen LogP contribution in [0.5, 0.6) is 0 Å². The van der Waals surface area contributed by atoms with Crippen molar-refractivity contribution in [3.8, 4) is 11.3 Å². The average Bonchev–Trinajstić information content (AvgIpc) is 3.01. The SMILES string of the molecule is O=C(OCc1cc(-c2ccc(F)cc2F)on1)c1ccc(F)cc1Cl. The van der Waals surface area contributed by atoms with Gasteiger partial charge in [-0.25, -0.2) is 18.0 Å². The van der Waals surface area contributed by atoms with Gasteiger partial charge < -0.3 is 9.26 Å². The van der Waals surface area contributed by atoms with Crippen LogP contribution in [0.3, 0.4) is 0 Å². The molecule has 0 atom stereocenters. The highest BCUT2D eigenvalue weighted by Crippen LogP contribution is 2.25. The maximum atomic E-state index is 13.7. The average molecular weight is 368 g/mol. The van der Waals surface area contributed by atoms with Gasteiger partial charge in [-0.1, -0.05) is 16.8 Å². The zero-order valence-corrected chi connectivity index (χ0v) is 13.2. The van der Waals surface area contributed by atoms with Crippen LogP contribution in [-0.4, -0.2) is 11.1 Å². The Morgan fingerprint density at radius 1 is 1.08 bits per heavy atom. The van der Waals surface area contributed by atoms with Gasteiger partial charge in [0.25, 0.3) is 0 Å². The first-order valence-corrected chi connectivity index (χ1v) is 7.35. The molecule has 0 N–H and O–H groups in total. The first-order valence-electron chi connectivity index (χ1n) is 6.97. The van der Waals surface area contributed by atoms with Crippen molar-refractivity contribution < 1.29 is 27.2 Å². The maximum absolute atomic E-state index is 13.7. The quantitative estimate of drug-likeness (QED) is 0.623. The molecule has 8 heteroatoms. The molecule has 4 nitrogen and oxygen atoms in total. The Morgan fingerprint density at radius 3 is 2.52 bits per heavy atom. The Kier molecular flexibility index (Phi) is 4.76. The minimum absolute atomic E-state index is 0.00337. The summed E-state index contributed by atoms with van der Waals surface area (Å²) in [4.78, 5) is 11.9. The van der Waals surface area contributed by atoms with E-state index in [0.29, 0.717) is 6.07 Å². The Labute approximate surface area is 144 Å². The molecule has 1 heterocycles. The molecule has 3 aromatic rings. The van der Waals surface area contributed by atoms with E-state index in [1.165, 1.54) is 18.2 Å². The number of ether oxygens (including phenoxy) is 1. The fraction of sp³-hybridized carbons (Fsp3) is 0.0588. The molecule has 0 aliphatic heterocycles. The number of hydrogen-bond acceptors (Lipinski definition) is 4. The molecule has 0 unspecified atom stereocenters. The van der Waals surface area contributed by atoms with Gasteiger partial charge in [0.2, 0.25) is 0 Å². The maximum Gasteiger partial charge on any atom is 0.340 e. The molecule has 0 saturated carbocycles.